The molecule has 0 saturated heterocycles. The van der Waals surface area contributed by atoms with Gasteiger partial charge in [0.1, 0.15) is 5.00 Å². The van der Waals surface area contributed by atoms with Crippen LogP contribution in [0.2, 0.25) is 0 Å². The number of nitrogens with one attached hydrogen (secondary N) is 1. The number of amides is 1. The molecule has 1 aromatic rings. The third-order valence-electron chi connectivity index (χ3n) is 2.88. The Balaban J connectivity index is 2.96. The standard InChI is InChI=1S/C14H22N2O3S/c1-5-9-7-10(14(18)19-6-2)13(20-9)16-12(17)11(15)8(3)4/h7-8,11H,5-6,15H2,1-4H3,(H,16,17)/t11-/m1/s1. The van der Waals surface area contributed by atoms with E-state index >= 15 is 0 Å². The lowest BCUT2D eigenvalue weighted by Gasteiger charge is -2.15. The molecule has 0 unspecified atom stereocenters. The van der Waals surface area contributed by atoms with E-state index in [2.05, 4.69) is 5.32 Å². The Morgan fingerprint density at radius 3 is 2.55 bits per heavy atom. The van der Waals surface area contributed by atoms with Crippen molar-refractivity contribution in [3.8, 4) is 0 Å². The summed E-state index contributed by atoms with van der Waals surface area (Å²) in [5, 5.41) is 3.25. The van der Waals surface area contributed by atoms with Gasteiger partial charge in [-0.3, -0.25) is 4.79 Å². The fourth-order valence-corrected chi connectivity index (χ4v) is 2.55. The largest absolute Gasteiger partial charge is 0.462 e. The predicted molar refractivity (Wildman–Crippen MR) is 81.1 cm³/mol. The van der Waals surface area contributed by atoms with Crippen LogP contribution in [-0.4, -0.2) is 24.5 Å². The van der Waals surface area contributed by atoms with Gasteiger partial charge in [-0.05, 0) is 25.3 Å². The number of carbonyl (C=O) groups excluding carboxylic acids is 2. The SMILES string of the molecule is CCOC(=O)c1cc(CC)sc1NC(=O)[C@H](N)C(C)C. The number of carbonyl (C=O) groups is 2. The van der Waals surface area contributed by atoms with Crippen LogP contribution in [0.5, 0.6) is 0 Å². The Labute approximate surface area is 123 Å². The first-order valence-electron chi connectivity index (χ1n) is 6.76. The van der Waals surface area contributed by atoms with Gasteiger partial charge in [-0.15, -0.1) is 11.3 Å². The van der Waals surface area contributed by atoms with E-state index in [1.165, 1.54) is 11.3 Å². The van der Waals surface area contributed by atoms with Gasteiger partial charge in [0.2, 0.25) is 5.91 Å². The number of nitrogens with two attached hydrogens (primary N) is 1. The lowest BCUT2D eigenvalue weighted by molar-refractivity contribution is -0.118. The molecule has 0 spiro atoms. The van der Waals surface area contributed by atoms with Crippen molar-refractivity contribution in [1.82, 2.24) is 0 Å². The topological polar surface area (TPSA) is 81.4 Å². The lowest BCUT2D eigenvalue weighted by Crippen LogP contribution is -2.39. The Morgan fingerprint density at radius 2 is 2.05 bits per heavy atom. The molecule has 20 heavy (non-hydrogen) atoms. The van der Waals surface area contributed by atoms with Gasteiger partial charge in [0, 0.05) is 4.88 Å². The summed E-state index contributed by atoms with van der Waals surface area (Å²) in [6.07, 6.45) is 0.795. The van der Waals surface area contributed by atoms with Crippen LogP contribution < -0.4 is 11.1 Å². The first kappa shape index (κ1) is 16.7. The fraction of sp³-hybridized carbons (Fsp3) is 0.571. The minimum Gasteiger partial charge on any atom is -0.462 e. The van der Waals surface area contributed by atoms with Gasteiger partial charge in [0.15, 0.2) is 0 Å². The van der Waals surface area contributed by atoms with E-state index < -0.39 is 12.0 Å². The van der Waals surface area contributed by atoms with Crippen LogP contribution in [0.1, 0.15) is 42.9 Å². The summed E-state index contributed by atoms with van der Waals surface area (Å²) in [6, 6.07) is 1.16. The number of hydrogen-bond acceptors (Lipinski definition) is 5. The molecule has 112 valence electrons. The number of thiophene rings is 1. The predicted octanol–water partition coefficient (Wildman–Crippen LogP) is 2.41. The van der Waals surface area contributed by atoms with E-state index in [9.17, 15) is 9.59 Å². The van der Waals surface area contributed by atoms with Gasteiger partial charge in [-0.1, -0.05) is 20.8 Å². The van der Waals surface area contributed by atoms with E-state index in [0.29, 0.717) is 17.2 Å². The Morgan fingerprint density at radius 1 is 1.40 bits per heavy atom. The van der Waals surface area contributed by atoms with Crippen molar-refractivity contribution in [3.05, 3.63) is 16.5 Å². The highest BCUT2D eigenvalue weighted by atomic mass is 32.1. The molecule has 6 heteroatoms. The van der Waals surface area contributed by atoms with E-state index in [1.54, 1.807) is 13.0 Å². The summed E-state index contributed by atoms with van der Waals surface area (Å²) in [6.45, 7) is 7.80. The first-order valence-corrected chi connectivity index (χ1v) is 7.58. The molecule has 0 bridgehead atoms. The summed E-state index contributed by atoms with van der Waals surface area (Å²) in [5.41, 5.74) is 6.21. The van der Waals surface area contributed by atoms with Gasteiger partial charge in [0.05, 0.1) is 18.2 Å². The molecule has 0 saturated carbocycles. The molecule has 1 heterocycles. The zero-order valence-electron chi connectivity index (χ0n) is 12.4. The highest BCUT2D eigenvalue weighted by molar-refractivity contribution is 7.16. The van der Waals surface area contributed by atoms with Crippen molar-refractivity contribution < 1.29 is 14.3 Å². The van der Waals surface area contributed by atoms with E-state index in [4.69, 9.17) is 10.5 Å². The van der Waals surface area contributed by atoms with E-state index in [0.717, 1.165) is 11.3 Å². The van der Waals surface area contributed by atoms with Gasteiger partial charge >= 0.3 is 5.97 Å². The second-order valence-electron chi connectivity index (χ2n) is 4.79. The average molecular weight is 298 g/mol. The first-order chi connectivity index (χ1) is 9.40. The zero-order chi connectivity index (χ0) is 15.3. The minimum absolute atomic E-state index is 0.0339. The highest BCUT2D eigenvalue weighted by Gasteiger charge is 2.22. The smallest absolute Gasteiger partial charge is 0.341 e. The second kappa shape index (κ2) is 7.40. The molecule has 1 aromatic heterocycles. The molecule has 0 aliphatic heterocycles. The Hall–Kier alpha value is -1.40. The maximum absolute atomic E-state index is 12.0. The molecular formula is C14H22N2O3S. The van der Waals surface area contributed by atoms with Crippen molar-refractivity contribution in [2.24, 2.45) is 11.7 Å². The van der Waals surface area contributed by atoms with Gasteiger partial charge in [0.25, 0.3) is 0 Å². The van der Waals surface area contributed by atoms with Crippen molar-refractivity contribution in [2.75, 3.05) is 11.9 Å². The zero-order valence-corrected chi connectivity index (χ0v) is 13.2. The number of esters is 1. The summed E-state index contributed by atoms with van der Waals surface area (Å²) < 4.78 is 5.00. The number of anilines is 1. The Bertz CT molecular complexity index is 483. The van der Waals surface area contributed by atoms with Crippen LogP contribution in [0, 0.1) is 5.92 Å². The molecule has 1 amide bonds. The molecule has 0 aliphatic rings. The van der Waals surface area contributed by atoms with E-state index in [1.807, 2.05) is 20.8 Å². The van der Waals surface area contributed by atoms with Crippen LogP contribution >= 0.6 is 11.3 Å². The molecule has 1 atom stereocenters. The maximum Gasteiger partial charge on any atom is 0.341 e. The van der Waals surface area contributed by atoms with Crippen LogP contribution in [0.4, 0.5) is 5.00 Å². The number of ether oxygens (including phenoxy) is 1. The number of hydrogen-bond donors (Lipinski definition) is 2. The normalized spacial score (nSPS) is 12.3. The molecule has 1 rings (SSSR count). The molecule has 0 radical (unpaired) electrons. The summed E-state index contributed by atoms with van der Waals surface area (Å²) >= 11 is 1.38. The molecule has 0 aromatic carbocycles. The van der Waals surface area contributed by atoms with Gasteiger partial charge < -0.3 is 15.8 Å². The molecule has 0 aliphatic carbocycles. The summed E-state index contributed by atoms with van der Waals surface area (Å²) in [4.78, 5) is 24.9. The summed E-state index contributed by atoms with van der Waals surface area (Å²) in [7, 11) is 0. The quantitative estimate of drug-likeness (QED) is 0.790. The van der Waals surface area contributed by atoms with Crippen LogP contribution in [0.3, 0.4) is 0 Å². The third-order valence-corrected chi connectivity index (χ3v) is 4.08. The lowest BCUT2D eigenvalue weighted by atomic mass is 10.1. The van der Waals surface area contributed by atoms with Crippen LogP contribution in [0.15, 0.2) is 6.07 Å². The number of rotatable bonds is 6. The van der Waals surface area contributed by atoms with Crippen molar-refractivity contribution in [1.29, 1.82) is 0 Å². The molecular weight excluding hydrogens is 276 g/mol. The molecule has 5 nitrogen and oxygen atoms in total. The molecule has 0 fully saturated rings. The van der Waals surface area contributed by atoms with E-state index in [-0.39, 0.29) is 11.8 Å². The van der Waals surface area contributed by atoms with Gasteiger partial charge in [-0.25, -0.2) is 4.79 Å². The average Bonchev–Trinajstić information content (AvgIpc) is 2.81. The second-order valence-corrected chi connectivity index (χ2v) is 5.93. The Kier molecular flexibility index (Phi) is 6.16. The van der Waals surface area contributed by atoms with Gasteiger partial charge in [-0.2, -0.15) is 0 Å². The minimum atomic E-state index is -0.600. The van der Waals surface area contributed by atoms with Crippen LogP contribution in [-0.2, 0) is 16.0 Å². The summed E-state index contributed by atoms with van der Waals surface area (Å²) in [5.74, 6) is -0.668. The van der Waals surface area contributed by atoms with Crippen molar-refractivity contribution >= 4 is 28.2 Å². The monoisotopic (exact) mass is 298 g/mol. The van der Waals surface area contributed by atoms with Crippen LogP contribution in [0.25, 0.3) is 0 Å². The highest BCUT2D eigenvalue weighted by Crippen LogP contribution is 2.29. The molecule has 3 N–H and O–H groups in total. The fourth-order valence-electron chi connectivity index (χ4n) is 1.57. The van der Waals surface area contributed by atoms with Crippen molar-refractivity contribution in [3.63, 3.8) is 0 Å². The van der Waals surface area contributed by atoms with Crippen molar-refractivity contribution in [2.45, 2.75) is 40.2 Å². The third kappa shape index (κ3) is 4.05. The maximum atomic E-state index is 12.0. The number of aryl methyl sites for hydroxylation is 1.